The molecule has 8 heteroatoms. The molecule has 2 amide bonds. The topological polar surface area (TPSA) is 81.8 Å². The van der Waals surface area contributed by atoms with E-state index in [1.165, 1.54) is 4.31 Å². The lowest BCUT2D eigenvalue weighted by Crippen LogP contribution is -2.33. The molecule has 2 saturated heterocycles. The van der Waals surface area contributed by atoms with Gasteiger partial charge in [-0.3, -0.25) is 9.62 Å². The van der Waals surface area contributed by atoms with Gasteiger partial charge in [0.2, 0.25) is 0 Å². The third-order valence-electron chi connectivity index (χ3n) is 3.69. The average molecular weight is 310 g/mol. The third kappa shape index (κ3) is 2.96. The second-order valence-electron chi connectivity index (χ2n) is 5.14. The van der Waals surface area contributed by atoms with Gasteiger partial charge in [0, 0.05) is 37.6 Å². The molecule has 114 valence electrons. The van der Waals surface area contributed by atoms with Crippen LogP contribution >= 0.6 is 0 Å². The predicted molar refractivity (Wildman–Crippen MR) is 80.5 cm³/mol. The fourth-order valence-corrected chi connectivity index (χ4v) is 3.87. The zero-order valence-corrected chi connectivity index (χ0v) is 12.4. The smallest absolute Gasteiger partial charge is 0.321 e. The maximum absolute atomic E-state index is 12.1. The van der Waals surface area contributed by atoms with Crippen molar-refractivity contribution in [3.05, 3.63) is 24.3 Å². The zero-order chi connectivity index (χ0) is 14.9. The SMILES string of the molecule is O=C1NCCN1c1ccc(NS(=O)(=O)N2CCCC2)cc1. The van der Waals surface area contributed by atoms with Gasteiger partial charge in [-0.2, -0.15) is 12.7 Å². The fourth-order valence-electron chi connectivity index (χ4n) is 2.57. The Balaban J connectivity index is 1.71. The van der Waals surface area contributed by atoms with Crippen molar-refractivity contribution in [3.63, 3.8) is 0 Å². The van der Waals surface area contributed by atoms with Gasteiger partial charge < -0.3 is 5.32 Å². The number of benzene rings is 1. The first-order chi connectivity index (χ1) is 10.1. The number of carbonyl (C=O) groups excluding carboxylic acids is 1. The molecule has 2 fully saturated rings. The van der Waals surface area contributed by atoms with E-state index in [4.69, 9.17) is 0 Å². The summed E-state index contributed by atoms with van der Waals surface area (Å²) in [5, 5.41) is 2.73. The number of carbonyl (C=O) groups is 1. The quantitative estimate of drug-likeness (QED) is 0.869. The zero-order valence-electron chi connectivity index (χ0n) is 11.6. The summed E-state index contributed by atoms with van der Waals surface area (Å²) < 4.78 is 28.3. The molecule has 0 aliphatic carbocycles. The number of nitrogens with zero attached hydrogens (tertiary/aromatic N) is 2. The number of urea groups is 1. The Hall–Kier alpha value is -1.80. The Labute approximate surface area is 124 Å². The molecule has 2 heterocycles. The summed E-state index contributed by atoms with van der Waals surface area (Å²) in [4.78, 5) is 13.2. The van der Waals surface area contributed by atoms with E-state index in [0.717, 1.165) is 18.5 Å². The molecule has 2 aliphatic heterocycles. The molecule has 0 bridgehead atoms. The predicted octanol–water partition coefficient (Wildman–Crippen LogP) is 0.969. The van der Waals surface area contributed by atoms with Gasteiger partial charge in [0.05, 0.1) is 0 Å². The Morgan fingerprint density at radius 2 is 1.71 bits per heavy atom. The highest BCUT2D eigenvalue weighted by atomic mass is 32.2. The van der Waals surface area contributed by atoms with Gasteiger partial charge in [0.25, 0.3) is 0 Å². The Kier molecular flexibility index (Phi) is 3.73. The highest BCUT2D eigenvalue weighted by Crippen LogP contribution is 2.21. The summed E-state index contributed by atoms with van der Waals surface area (Å²) in [6.45, 7) is 2.39. The lowest BCUT2D eigenvalue weighted by atomic mass is 10.2. The van der Waals surface area contributed by atoms with E-state index in [1.807, 2.05) is 0 Å². The van der Waals surface area contributed by atoms with Crippen LogP contribution in [0.4, 0.5) is 16.2 Å². The van der Waals surface area contributed by atoms with Crippen LogP contribution in [0, 0.1) is 0 Å². The summed E-state index contributed by atoms with van der Waals surface area (Å²) >= 11 is 0. The van der Waals surface area contributed by atoms with Crippen molar-refractivity contribution in [2.24, 2.45) is 0 Å². The van der Waals surface area contributed by atoms with Gasteiger partial charge in [-0.15, -0.1) is 0 Å². The standard InChI is InChI=1S/C13H18N4O3S/c18-13-14-7-10-17(13)12-5-3-11(4-6-12)15-21(19,20)16-8-1-2-9-16/h3-6,15H,1-2,7-10H2,(H,14,18). The first-order valence-corrected chi connectivity index (χ1v) is 8.44. The molecule has 0 unspecified atom stereocenters. The van der Waals surface area contributed by atoms with E-state index in [-0.39, 0.29) is 6.03 Å². The van der Waals surface area contributed by atoms with Gasteiger partial charge in [-0.05, 0) is 37.1 Å². The molecule has 0 atom stereocenters. The van der Waals surface area contributed by atoms with Gasteiger partial charge in [-0.1, -0.05) is 0 Å². The summed E-state index contributed by atoms with van der Waals surface area (Å²) in [7, 11) is -3.47. The van der Waals surface area contributed by atoms with E-state index < -0.39 is 10.2 Å². The summed E-state index contributed by atoms with van der Waals surface area (Å²) in [6.07, 6.45) is 1.81. The van der Waals surface area contributed by atoms with E-state index in [0.29, 0.717) is 31.9 Å². The monoisotopic (exact) mass is 310 g/mol. The van der Waals surface area contributed by atoms with Crippen LogP contribution < -0.4 is 14.9 Å². The minimum atomic E-state index is -3.47. The van der Waals surface area contributed by atoms with Gasteiger partial charge >= 0.3 is 16.2 Å². The van der Waals surface area contributed by atoms with Crippen molar-refractivity contribution < 1.29 is 13.2 Å². The molecule has 0 spiro atoms. The number of amides is 2. The van der Waals surface area contributed by atoms with Crippen LogP contribution in [0.25, 0.3) is 0 Å². The van der Waals surface area contributed by atoms with Crippen LogP contribution in [0.15, 0.2) is 24.3 Å². The molecular formula is C13H18N4O3S. The Morgan fingerprint density at radius 1 is 1.05 bits per heavy atom. The Morgan fingerprint density at radius 3 is 2.29 bits per heavy atom. The number of hydrogen-bond donors (Lipinski definition) is 2. The largest absolute Gasteiger partial charge is 0.336 e. The minimum Gasteiger partial charge on any atom is -0.336 e. The lowest BCUT2D eigenvalue weighted by Gasteiger charge is -2.18. The first-order valence-electron chi connectivity index (χ1n) is 6.99. The van der Waals surface area contributed by atoms with Crippen LogP contribution in [-0.4, -0.2) is 44.9 Å². The molecule has 2 aliphatic rings. The van der Waals surface area contributed by atoms with Crippen LogP contribution in [0.1, 0.15) is 12.8 Å². The van der Waals surface area contributed by atoms with Crippen molar-refractivity contribution in [1.29, 1.82) is 0 Å². The normalized spacial score (nSPS) is 19.8. The van der Waals surface area contributed by atoms with Crippen LogP contribution in [-0.2, 0) is 10.2 Å². The second-order valence-corrected chi connectivity index (χ2v) is 6.81. The molecule has 1 aromatic carbocycles. The summed E-state index contributed by atoms with van der Waals surface area (Å²) in [5.74, 6) is 0. The van der Waals surface area contributed by atoms with Crippen molar-refractivity contribution in [2.75, 3.05) is 35.8 Å². The van der Waals surface area contributed by atoms with Crippen LogP contribution in [0.3, 0.4) is 0 Å². The molecule has 3 rings (SSSR count). The Bertz CT molecular complexity index is 623. The average Bonchev–Trinajstić information content (AvgIpc) is 3.10. The van der Waals surface area contributed by atoms with Crippen molar-refractivity contribution >= 4 is 27.6 Å². The third-order valence-corrected chi connectivity index (χ3v) is 5.23. The van der Waals surface area contributed by atoms with Crippen molar-refractivity contribution in [2.45, 2.75) is 12.8 Å². The molecule has 0 aromatic heterocycles. The lowest BCUT2D eigenvalue weighted by molar-refractivity contribution is 0.252. The second kappa shape index (κ2) is 5.53. The highest BCUT2D eigenvalue weighted by molar-refractivity contribution is 7.90. The van der Waals surface area contributed by atoms with Gasteiger partial charge in [-0.25, -0.2) is 4.79 Å². The fraction of sp³-hybridized carbons (Fsp3) is 0.462. The molecule has 0 saturated carbocycles. The van der Waals surface area contributed by atoms with E-state index in [1.54, 1.807) is 29.2 Å². The molecule has 1 aromatic rings. The summed E-state index contributed by atoms with van der Waals surface area (Å²) in [6, 6.07) is 6.71. The van der Waals surface area contributed by atoms with Gasteiger partial charge in [0.15, 0.2) is 0 Å². The number of rotatable bonds is 4. The maximum Gasteiger partial charge on any atom is 0.321 e. The van der Waals surface area contributed by atoms with Crippen molar-refractivity contribution in [3.8, 4) is 0 Å². The molecular weight excluding hydrogens is 292 g/mol. The summed E-state index contributed by atoms with van der Waals surface area (Å²) in [5.41, 5.74) is 1.26. The van der Waals surface area contributed by atoms with Crippen LogP contribution in [0.5, 0.6) is 0 Å². The van der Waals surface area contributed by atoms with Gasteiger partial charge in [0.1, 0.15) is 0 Å². The first kappa shape index (κ1) is 14.2. The molecule has 7 nitrogen and oxygen atoms in total. The minimum absolute atomic E-state index is 0.125. The number of nitrogens with one attached hydrogen (secondary N) is 2. The molecule has 0 radical (unpaired) electrons. The molecule has 21 heavy (non-hydrogen) atoms. The number of anilines is 2. The number of hydrogen-bond acceptors (Lipinski definition) is 3. The van der Waals surface area contributed by atoms with E-state index in [9.17, 15) is 13.2 Å². The molecule has 2 N–H and O–H groups in total. The van der Waals surface area contributed by atoms with Crippen LogP contribution in [0.2, 0.25) is 0 Å². The maximum atomic E-state index is 12.1. The highest BCUT2D eigenvalue weighted by Gasteiger charge is 2.25. The van der Waals surface area contributed by atoms with Crippen molar-refractivity contribution in [1.82, 2.24) is 9.62 Å². The van der Waals surface area contributed by atoms with E-state index >= 15 is 0 Å². The van der Waals surface area contributed by atoms with E-state index in [2.05, 4.69) is 10.0 Å².